The van der Waals surface area contributed by atoms with E-state index >= 15 is 0 Å². The summed E-state index contributed by atoms with van der Waals surface area (Å²) in [5.74, 6) is 7.06. The van der Waals surface area contributed by atoms with E-state index in [2.05, 4.69) is 41.6 Å². The fourth-order valence-corrected chi connectivity index (χ4v) is 4.12. The molecule has 1 aliphatic rings. The molecule has 0 spiro atoms. The molecular formula is C24H32N6. The van der Waals surface area contributed by atoms with Gasteiger partial charge in [0.1, 0.15) is 5.82 Å². The first-order valence-corrected chi connectivity index (χ1v) is 10.4. The number of fused-ring (bicyclic) bond motifs is 1. The second-order valence-corrected chi connectivity index (χ2v) is 7.72. The predicted molar refractivity (Wildman–Crippen MR) is 126 cm³/mol. The van der Waals surface area contributed by atoms with Crippen molar-refractivity contribution in [2.45, 2.75) is 38.0 Å². The first-order chi connectivity index (χ1) is 14.5. The van der Waals surface area contributed by atoms with Gasteiger partial charge in [-0.15, -0.1) is 0 Å². The van der Waals surface area contributed by atoms with E-state index in [-0.39, 0.29) is 5.92 Å². The van der Waals surface area contributed by atoms with Gasteiger partial charge in [0.05, 0.1) is 5.69 Å². The highest BCUT2D eigenvalue weighted by Crippen LogP contribution is 2.35. The summed E-state index contributed by atoms with van der Waals surface area (Å²) in [7, 11) is 0. The topological polar surface area (TPSA) is 129 Å². The van der Waals surface area contributed by atoms with Crippen molar-refractivity contribution in [2.75, 3.05) is 23.4 Å². The van der Waals surface area contributed by atoms with E-state index in [1.807, 2.05) is 30.3 Å². The van der Waals surface area contributed by atoms with Crippen LogP contribution in [0.4, 0.5) is 17.3 Å². The molecule has 0 saturated heterocycles. The number of nitrogens with one attached hydrogen (secondary N) is 1. The van der Waals surface area contributed by atoms with Gasteiger partial charge in [-0.1, -0.05) is 61.5 Å². The van der Waals surface area contributed by atoms with Gasteiger partial charge in [0.2, 0.25) is 0 Å². The molecule has 0 radical (unpaired) electrons. The molecule has 0 amide bonds. The molecule has 6 nitrogen and oxygen atoms in total. The summed E-state index contributed by atoms with van der Waals surface area (Å²) in [6.45, 7) is 2.86. The first-order valence-electron chi connectivity index (χ1n) is 10.4. The maximum atomic E-state index is 6.13. The minimum absolute atomic E-state index is 0.0681. The molecule has 6 heteroatoms. The third kappa shape index (κ3) is 4.90. The maximum Gasteiger partial charge on any atom is 0.165 e. The molecule has 2 atom stereocenters. The molecule has 0 saturated carbocycles. The monoisotopic (exact) mass is 404 g/mol. The van der Waals surface area contributed by atoms with E-state index in [0.29, 0.717) is 23.9 Å². The summed E-state index contributed by atoms with van der Waals surface area (Å²) in [4.78, 5) is 4.07. The molecule has 1 heterocycles. The van der Waals surface area contributed by atoms with Gasteiger partial charge in [-0.05, 0) is 60.0 Å². The Morgan fingerprint density at radius 1 is 1.07 bits per heavy atom. The van der Waals surface area contributed by atoms with Crippen LogP contribution in [0.3, 0.4) is 0 Å². The normalized spacial score (nSPS) is 15.6. The Morgan fingerprint density at radius 3 is 2.43 bits per heavy atom. The van der Waals surface area contributed by atoms with Crippen LogP contribution in [0.1, 0.15) is 53.9 Å². The van der Waals surface area contributed by atoms with Crippen LogP contribution >= 0.6 is 0 Å². The van der Waals surface area contributed by atoms with Gasteiger partial charge < -0.3 is 22.6 Å². The number of nitrogens with two attached hydrogens (primary N) is 4. The van der Waals surface area contributed by atoms with Crippen LogP contribution in [0.15, 0.2) is 60.7 Å². The zero-order valence-corrected chi connectivity index (χ0v) is 17.5. The lowest BCUT2D eigenvalue weighted by Gasteiger charge is -2.20. The van der Waals surface area contributed by atoms with Crippen molar-refractivity contribution in [3.05, 3.63) is 82.9 Å². The Labute approximate surface area is 178 Å². The van der Waals surface area contributed by atoms with Crippen molar-refractivity contribution in [1.29, 1.82) is 0 Å². The molecule has 0 bridgehead atoms. The van der Waals surface area contributed by atoms with Gasteiger partial charge >= 0.3 is 0 Å². The highest BCUT2D eigenvalue weighted by atomic mass is 15.3. The van der Waals surface area contributed by atoms with Crippen LogP contribution in [0.5, 0.6) is 0 Å². The standard InChI is InChI=1S/C14H20N6.C10H12/c15-7-6-10(9-4-2-1-3-5-9)11-8-12(16)19-14(20-18)13(11)17;1-8-6-7-9-4-2-3-5-10(8)9/h1-5,8,10H,6-7,15,17-18H2,(H3,16,19,20);2-5,8H,6-7H2,1H3. The molecule has 0 aliphatic heterocycles. The molecule has 3 aromatic rings. The van der Waals surface area contributed by atoms with Gasteiger partial charge in [-0.3, -0.25) is 0 Å². The Balaban J connectivity index is 0.000000212. The Morgan fingerprint density at radius 2 is 1.77 bits per heavy atom. The van der Waals surface area contributed by atoms with Crippen LogP contribution in [0.2, 0.25) is 0 Å². The number of nitrogen functional groups attached to an aromatic ring is 3. The second kappa shape index (κ2) is 10.1. The van der Waals surface area contributed by atoms with Gasteiger partial charge in [0, 0.05) is 5.92 Å². The Hall–Kier alpha value is -3.09. The second-order valence-electron chi connectivity index (χ2n) is 7.72. The van der Waals surface area contributed by atoms with E-state index < -0.39 is 0 Å². The van der Waals surface area contributed by atoms with E-state index in [4.69, 9.17) is 23.0 Å². The van der Waals surface area contributed by atoms with Gasteiger partial charge in [-0.25, -0.2) is 10.8 Å². The minimum Gasteiger partial charge on any atom is -0.395 e. The minimum atomic E-state index is 0.0681. The molecule has 1 aromatic heterocycles. The molecule has 30 heavy (non-hydrogen) atoms. The van der Waals surface area contributed by atoms with Gasteiger partial charge in [0.25, 0.3) is 0 Å². The number of anilines is 3. The Bertz CT molecular complexity index is 957. The van der Waals surface area contributed by atoms with Crippen LogP contribution in [-0.2, 0) is 6.42 Å². The average Bonchev–Trinajstić information content (AvgIpc) is 3.16. The lowest BCUT2D eigenvalue weighted by molar-refractivity contribution is 0.727. The summed E-state index contributed by atoms with van der Waals surface area (Å²) in [6, 6.07) is 20.6. The Kier molecular flexibility index (Phi) is 7.27. The van der Waals surface area contributed by atoms with Gasteiger partial charge in [0.15, 0.2) is 5.82 Å². The quantitative estimate of drug-likeness (QED) is 0.325. The van der Waals surface area contributed by atoms with Crippen LogP contribution in [0.25, 0.3) is 0 Å². The van der Waals surface area contributed by atoms with Gasteiger partial charge in [-0.2, -0.15) is 0 Å². The molecule has 2 unspecified atom stereocenters. The summed E-state index contributed by atoms with van der Waals surface area (Å²) in [6.07, 6.45) is 3.40. The maximum absolute atomic E-state index is 6.13. The zero-order chi connectivity index (χ0) is 21.5. The van der Waals surface area contributed by atoms with Crippen LogP contribution < -0.4 is 28.5 Å². The fraction of sp³-hybridized carbons (Fsp3) is 0.292. The molecule has 158 valence electrons. The number of rotatable bonds is 5. The molecule has 9 N–H and O–H groups in total. The van der Waals surface area contributed by atoms with Crippen molar-refractivity contribution in [3.8, 4) is 0 Å². The summed E-state index contributed by atoms with van der Waals surface area (Å²) >= 11 is 0. The number of nitrogens with zero attached hydrogens (tertiary/aromatic N) is 1. The molecular weight excluding hydrogens is 372 g/mol. The van der Waals surface area contributed by atoms with E-state index in [1.165, 1.54) is 12.8 Å². The number of pyridine rings is 1. The number of aryl methyl sites for hydroxylation is 1. The molecule has 0 fully saturated rings. The number of hydrogen-bond donors (Lipinski definition) is 5. The van der Waals surface area contributed by atoms with Crippen LogP contribution in [0, 0.1) is 0 Å². The summed E-state index contributed by atoms with van der Waals surface area (Å²) in [5.41, 5.74) is 25.8. The number of hydrazine groups is 1. The average molecular weight is 405 g/mol. The van der Waals surface area contributed by atoms with Crippen molar-refractivity contribution >= 4 is 17.3 Å². The third-order valence-electron chi connectivity index (χ3n) is 5.71. The third-order valence-corrected chi connectivity index (χ3v) is 5.71. The van der Waals surface area contributed by atoms with Crippen molar-refractivity contribution in [1.82, 2.24) is 4.98 Å². The number of aromatic nitrogens is 1. The molecule has 4 rings (SSSR count). The number of benzene rings is 2. The summed E-state index contributed by atoms with van der Waals surface area (Å²) < 4.78 is 0. The van der Waals surface area contributed by atoms with Crippen molar-refractivity contribution in [2.24, 2.45) is 11.6 Å². The highest BCUT2D eigenvalue weighted by Gasteiger charge is 2.19. The number of hydrogen-bond acceptors (Lipinski definition) is 6. The highest BCUT2D eigenvalue weighted by molar-refractivity contribution is 5.70. The van der Waals surface area contributed by atoms with Crippen molar-refractivity contribution < 1.29 is 0 Å². The lowest BCUT2D eigenvalue weighted by Crippen LogP contribution is -2.16. The lowest BCUT2D eigenvalue weighted by atomic mass is 9.88. The van der Waals surface area contributed by atoms with E-state index in [1.54, 1.807) is 17.2 Å². The zero-order valence-electron chi connectivity index (χ0n) is 17.5. The van der Waals surface area contributed by atoms with Crippen LogP contribution in [-0.4, -0.2) is 11.5 Å². The van der Waals surface area contributed by atoms with Crippen molar-refractivity contribution in [3.63, 3.8) is 0 Å². The molecule has 1 aliphatic carbocycles. The molecule has 2 aromatic carbocycles. The van der Waals surface area contributed by atoms with E-state index in [0.717, 1.165) is 23.5 Å². The fourth-order valence-electron chi connectivity index (χ4n) is 4.12. The van der Waals surface area contributed by atoms with E-state index in [9.17, 15) is 0 Å². The smallest absolute Gasteiger partial charge is 0.165 e. The largest absolute Gasteiger partial charge is 0.395 e. The first kappa shape index (κ1) is 21.6. The summed E-state index contributed by atoms with van der Waals surface area (Å²) in [5, 5.41) is 0. The SMILES string of the molecule is CC1CCc2ccccc21.NCCC(c1ccccc1)c1cc(N)nc(NN)c1N. The predicted octanol–water partition coefficient (Wildman–Crippen LogP) is 3.75.